The third kappa shape index (κ3) is 4.55. The van der Waals surface area contributed by atoms with Crippen molar-refractivity contribution in [1.29, 1.82) is 0 Å². The van der Waals surface area contributed by atoms with Crippen molar-refractivity contribution in [3.05, 3.63) is 64.2 Å². The third-order valence-corrected chi connectivity index (χ3v) is 5.77. The van der Waals surface area contributed by atoms with Crippen LogP contribution in [0.2, 0.25) is 0 Å². The Morgan fingerprint density at radius 1 is 1.00 bits per heavy atom. The van der Waals surface area contributed by atoms with Crippen LogP contribution in [0.5, 0.6) is 0 Å². The quantitative estimate of drug-likeness (QED) is 0.439. The predicted molar refractivity (Wildman–Crippen MR) is 126 cm³/mol. The van der Waals surface area contributed by atoms with E-state index in [0.29, 0.717) is 39.3 Å². The maximum atomic E-state index is 13.2. The molecule has 32 heavy (non-hydrogen) atoms. The molecular formula is C24H24N4O3S. The molecule has 0 spiro atoms. The molecule has 164 valence electrons. The molecule has 0 aliphatic heterocycles. The van der Waals surface area contributed by atoms with E-state index in [-0.39, 0.29) is 17.4 Å². The number of hydrogen-bond donors (Lipinski definition) is 2. The molecule has 8 heteroatoms. The van der Waals surface area contributed by atoms with E-state index in [0.717, 1.165) is 9.75 Å². The molecule has 0 saturated heterocycles. The summed E-state index contributed by atoms with van der Waals surface area (Å²) >= 11 is 1.59. The maximum Gasteiger partial charge on any atom is 0.259 e. The lowest BCUT2D eigenvalue weighted by Crippen LogP contribution is -2.40. The van der Waals surface area contributed by atoms with Crippen molar-refractivity contribution < 1.29 is 14.1 Å². The fourth-order valence-electron chi connectivity index (χ4n) is 3.29. The number of nitrogens with one attached hydrogen (secondary N) is 2. The summed E-state index contributed by atoms with van der Waals surface area (Å²) in [6.45, 7) is 9.57. The van der Waals surface area contributed by atoms with Crippen molar-refractivity contribution in [1.82, 2.24) is 15.5 Å². The SMILES string of the molecule is Cc1ccc(-c2cc(C(=O)Nc3ccc(C(=O)NC(C)(C)C)cc3)c3c(C)noc3n2)s1. The van der Waals surface area contributed by atoms with Gasteiger partial charge in [-0.3, -0.25) is 9.59 Å². The van der Waals surface area contributed by atoms with E-state index in [1.807, 2.05) is 39.8 Å². The van der Waals surface area contributed by atoms with Gasteiger partial charge in [-0.05, 0) is 77.1 Å². The number of nitrogens with zero attached hydrogens (tertiary/aromatic N) is 2. The molecule has 0 saturated carbocycles. The van der Waals surface area contributed by atoms with Crippen molar-refractivity contribution in [3.63, 3.8) is 0 Å². The molecule has 0 aliphatic carbocycles. The first kappa shape index (κ1) is 21.7. The minimum absolute atomic E-state index is 0.165. The molecule has 0 atom stereocenters. The van der Waals surface area contributed by atoms with Gasteiger partial charge in [0.2, 0.25) is 0 Å². The number of aryl methyl sites for hydroxylation is 2. The van der Waals surface area contributed by atoms with Gasteiger partial charge in [0, 0.05) is 21.7 Å². The first-order valence-corrected chi connectivity index (χ1v) is 11.0. The van der Waals surface area contributed by atoms with E-state index in [9.17, 15) is 9.59 Å². The second kappa shape index (κ2) is 8.20. The van der Waals surface area contributed by atoms with Crippen LogP contribution in [0.15, 0.2) is 47.0 Å². The van der Waals surface area contributed by atoms with E-state index >= 15 is 0 Å². The number of rotatable bonds is 4. The number of aromatic nitrogens is 2. The second-order valence-electron chi connectivity index (χ2n) is 8.65. The number of hydrogen-bond acceptors (Lipinski definition) is 6. The molecule has 7 nitrogen and oxygen atoms in total. The van der Waals surface area contributed by atoms with E-state index < -0.39 is 0 Å². The molecular weight excluding hydrogens is 424 g/mol. The smallest absolute Gasteiger partial charge is 0.259 e. The highest BCUT2D eigenvalue weighted by Crippen LogP contribution is 2.31. The van der Waals surface area contributed by atoms with E-state index in [2.05, 4.69) is 20.8 Å². The zero-order valence-corrected chi connectivity index (χ0v) is 19.4. The number of pyridine rings is 1. The third-order valence-electron chi connectivity index (χ3n) is 4.75. The van der Waals surface area contributed by atoms with Gasteiger partial charge in [-0.25, -0.2) is 4.98 Å². The second-order valence-corrected chi connectivity index (χ2v) is 9.94. The Morgan fingerprint density at radius 2 is 1.72 bits per heavy atom. The fraction of sp³-hybridized carbons (Fsp3) is 0.250. The van der Waals surface area contributed by atoms with Crippen LogP contribution in [0.25, 0.3) is 21.7 Å². The van der Waals surface area contributed by atoms with Crippen LogP contribution in [0, 0.1) is 13.8 Å². The van der Waals surface area contributed by atoms with Gasteiger partial charge in [0.1, 0.15) is 0 Å². The molecule has 4 aromatic rings. The van der Waals surface area contributed by atoms with Crippen molar-refractivity contribution in [2.24, 2.45) is 0 Å². The highest BCUT2D eigenvalue weighted by Gasteiger charge is 2.20. The summed E-state index contributed by atoms with van der Waals surface area (Å²) in [5.41, 5.74) is 2.79. The Bertz CT molecular complexity index is 1310. The van der Waals surface area contributed by atoms with Gasteiger partial charge in [0.25, 0.3) is 17.5 Å². The van der Waals surface area contributed by atoms with Crippen LogP contribution >= 0.6 is 11.3 Å². The van der Waals surface area contributed by atoms with Gasteiger partial charge in [0.05, 0.1) is 27.2 Å². The summed E-state index contributed by atoms with van der Waals surface area (Å²) in [6.07, 6.45) is 0. The van der Waals surface area contributed by atoms with Crippen molar-refractivity contribution in [2.75, 3.05) is 5.32 Å². The van der Waals surface area contributed by atoms with Crippen molar-refractivity contribution >= 4 is 39.9 Å². The van der Waals surface area contributed by atoms with E-state index in [4.69, 9.17) is 4.52 Å². The van der Waals surface area contributed by atoms with Crippen molar-refractivity contribution in [2.45, 2.75) is 40.2 Å². The Labute approximate surface area is 189 Å². The molecule has 3 heterocycles. The van der Waals surface area contributed by atoms with Crippen LogP contribution in [-0.4, -0.2) is 27.5 Å². The van der Waals surface area contributed by atoms with Crippen LogP contribution in [0.1, 0.15) is 52.1 Å². The molecule has 0 radical (unpaired) electrons. The van der Waals surface area contributed by atoms with Crippen molar-refractivity contribution in [3.8, 4) is 10.6 Å². The summed E-state index contributed by atoms with van der Waals surface area (Å²) in [5.74, 6) is -0.465. The normalized spacial score (nSPS) is 11.5. The molecule has 0 aliphatic rings. The number of fused-ring (bicyclic) bond motifs is 1. The number of carbonyl (C=O) groups excluding carboxylic acids is 2. The lowest BCUT2D eigenvalue weighted by molar-refractivity contribution is 0.0919. The lowest BCUT2D eigenvalue weighted by atomic mass is 10.1. The summed E-state index contributed by atoms with van der Waals surface area (Å²) < 4.78 is 5.36. The first-order chi connectivity index (χ1) is 15.1. The number of carbonyl (C=O) groups is 2. The highest BCUT2D eigenvalue weighted by atomic mass is 32.1. The maximum absolute atomic E-state index is 13.2. The molecule has 2 N–H and O–H groups in total. The number of anilines is 1. The van der Waals surface area contributed by atoms with Gasteiger partial charge in [-0.2, -0.15) is 0 Å². The minimum Gasteiger partial charge on any atom is -0.347 e. The molecule has 0 bridgehead atoms. The molecule has 2 amide bonds. The number of thiophene rings is 1. The first-order valence-electron chi connectivity index (χ1n) is 10.2. The fourth-order valence-corrected chi connectivity index (χ4v) is 4.12. The van der Waals surface area contributed by atoms with E-state index in [1.165, 1.54) is 0 Å². The van der Waals surface area contributed by atoms with Gasteiger partial charge in [0.15, 0.2) is 0 Å². The van der Waals surface area contributed by atoms with Crippen LogP contribution in [0.4, 0.5) is 5.69 Å². The van der Waals surface area contributed by atoms with Gasteiger partial charge >= 0.3 is 0 Å². The van der Waals surface area contributed by atoms with Crippen LogP contribution < -0.4 is 10.6 Å². The van der Waals surface area contributed by atoms with Gasteiger partial charge < -0.3 is 15.2 Å². The monoisotopic (exact) mass is 448 g/mol. The zero-order chi connectivity index (χ0) is 23.0. The highest BCUT2D eigenvalue weighted by molar-refractivity contribution is 7.15. The summed E-state index contributed by atoms with van der Waals surface area (Å²) in [6, 6.07) is 12.5. The van der Waals surface area contributed by atoms with Gasteiger partial charge in [-0.15, -0.1) is 11.3 Å². The largest absolute Gasteiger partial charge is 0.347 e. The lowest BCUT2D eigenvalue weighted by Gasteiger charge is -2.20. The summed E-state index contributed by atoms with van der Waals surface area (Å²) in [4.78, 5) is 32.2. The Morgan fingerprint density at radius 3 is 2.34 bits per heavy atom. The molecule has 0 unspecified atom stereocenters. The Hall–Kier alpha value is -3.52. The number of benzene rings is 1. The zero-order valence-electron chi connectivity index (χ0n) is 18.6. The molecule has 4 rings (SSSR count). The molecule has 0 fully saturated rings. The average Bonchev–Trinajstić information content (AvgIpc) is 3.32. The Kier molecular flexibility index (Phi) is 5.56. The van der Waals surface area contributed by atoms with Crippen LogP contribution in [-0.2, 0) is 0 Å². The van der Waals surface area contributed by atoms with Crippen LogP contribution in [0.3, 0.4) is 0 Å². The Balaban J connectivity index is 1.62. The minimum atomic E-state index is -0.327. The standard InChI is InChI=1S/C24H24N4O3S/c1-13-6-11-19(32-13)18-12-17(20-14(2)28-31-23(20)26-18)22(30)25-16-9-7-15(8-10-16)21(29)27-24(3,4)5/h6-12H,1-5H3,(H,25,30)(H,27,29). The molecule has 1 aromatic carbocycles. The summed E-state index contributed by atoms with van der Waals surface area (Å²) in [5, 5.41) is 10.4. The average molecular weight is 449 g/mol. The van der Waals surface area contributed by atoms with E-state index in [1.54, 1.807) is 48.6 Å². The topological polar surface area (TPSA) is 97.1 Å². The predicted octanol–water partition coefficient (Wildman–Crippen LogP) is 5.35. The number of amides is 2. The molecule has 3 aromatic heterocycles. The summed E-state index contributed by atoms with van der Waals surface area (Å²) in [7, 11) is 0. The van der Waals surface area contributed by atoms with Gasteiger partial charge in [-0.1, -0.05) is 5.16 Å².